The van der Waals surface area contributed by atoms with E-state index in [0.29, 0.717) is 6.42 Å². The van der Waals surface area contributed by atoms with Crippen LogP contribution in [0, 0.1) is 0 Å². The highest BCUT2D eigenvalue weighted by Crippen LogP contribution is 2.40. The Morgan fingerprint density at radius 2 is 1.58 bits per heavy atom. The highest BCUT2D eigenvalue weighted by atomic mass is 16.5. The van der Waals surface area contributed by atoms with Crippen LogP contribution in [0.25, 0.3) is 0 Å². The van der Waals surface area contributed by atoms with E-state index in [1.165, 1.54) is 0 Å². The topological polar surface area (TPSA) is 38.8 Å². The van der Waals surface area contributed by atoms with Gasteiger partial charge in [-0.25, -0.2) is 0 Å². The van der Waals surface area contributed by atoms with E-state index in [4.69, 9.17) is 9.47 Å². The number of amides is 1. The lowest BCUT2D eigenvalue weighted by molar-refractivity contribution is -0.132. The van der Waals surface area contributed by atoms with Gasteiger partial charge in [0.25, 0.3) is 0 Å². The van der Waals surface area contributed by atoms with Gasteiger partial charge < -0.3 is 14.4 Å². The first-order valence-electron chi connectivity index (χ1n) is 10.8. The van der Waals surface area contributed by atoms with Crippen molar-refractivity contribution in [3.05, 3.63) is 95.6 Å². The Balaban J connectivity index is 1.62. The fourth-order valence-electron chi connectivity index (χ4n) is 4.58. The van der Waals surface area contributed by atoms with Crippen molar-refractivity contribution in [1.29, 1.82) is 0 Å². The average molecular weight is 416 g/mol. The lowest BCUT2D eigenvalue weighted by Crippen LogP contribution is -2.32. The summed E-state index contributed by atoms with van der Waals surface area (Å²) in [4.78, 5) is 15.6. The van der Waals surface area contributed by atoms with Crippen molar-refractivity contribution in [3.8, 4) is 11.5 Å². The van der Waals surface area contributed by atoms with Gasteiger partial charge in [-0.2, -0.15) is 0 Å². The molecule has 0 aliphatic carbocycles. The normalized spacial score (nSPS) is 15.8. The minimum atomic E-state index is 0.00440. The highest BCUT2D eigenvalue weighted by Gasteiger charge is 2.33. The third-order valence-electron chi connectivity index (χ3n) is 6.15. The van der Waals surface area contributed by atoms with Crippen LogP contribution in [-0.2, 0) is 4.79 Å². The lowest BCUT2D eigenvalue weighted by atomic mass is 9.88. The van der Waals surface area contributed by atoms with Crippen LogP contribution < -0.4 is 9.47 Å². The van der Waals surface area contributed by atoms with Crippen molar-refractivity contribution in [2.75, 3.05) is 20.8 Å². The van der Waals surface area contributed by atoms with Crippen molar-refractivity contribution in [2.24, 2.45) is 0 Å². The Kier molecular flexibility index (Phi) is 6.56. The zero-order valence-corrected chi connectivity index (χ0v) is 18.2. The summed E-state index contributed by atoms with van der Waals surface area (Å²) in [5, 5.41) is 0. The number of rotatable bonds is 7. The van der Waals surface area contributed by atoms with Gasteiger partial charge in [-0.1, -0.05) is 60.7 Å². The number of hydrogen-bond acceptors (Lipinski definition) is 3. The van der Waals surface area contributed by atoms with E-state index in [9.17, 15) is 4.79 Å². The number of ether oxygens (including phenoxy) is 2. The van der Waals surface area contributed by atoms with Crippen LogP contribution in [0.1, 0.15) is 47.9 Å². The van der Waals surface area contributed by atoms with Gasteiger partial charge >= 0.3 is 0 Å². The number of carbonyl (C=O) groups excluding carboxylic acids is 1. The summed E-state index contributed by atoms with van der Waals surface area (Å²) in [6.07, 6.45) is 2.35. The Hall–Kier alpha value is -3.27. The maximum absolute atomic E-state index is 13.6. The summed E-state index contributed by atoms with van der Waals surface area (Å²) < 4.78 is 11.0. The predicted molar refractivity (Wildman–Crippen MR) is 123 cm³/mol. The fourth-order valence-corrected chi connectivity index (χ4v) is 4.58. The van der Waals surface area contributed by atoms with E-state index in [-0.39, 0.29) is 17.9 Å². The molecule has 1 aliphatic heterocycles. The molecule has 4 heteroatoms. The molecule has 0 aromatic heterocycles. The first kappa shape index (κ1) is 21.0. The Bertz CT molecular complexity index is 964. The molecule has 1 saturated heterocycles. The van der Waals surface area contributed by atoms with Crippen LogP contribution in [0.2, 0.25) is 0 Å². The molecule has 0 saturated carbocycles. The Morgan fingerprint density at radius 3 is 2.16 bits per heavy atom. The molecule has 0 N–H and O–H groups in total. The molecule has 1 atom stereocenters. The molecular formula is C27H29NO3. The predicted octanol–water partition coefficient (Wildman–Crippen LogP) is 5.59. The quantitative estimate of drug-likeness (QED) is 0.505. The van der Waals surface area contributed by atoms with Crippen LogP contribution in [0.4, 0.5) is 0 Å². The van der Waals surface area contributed by atoms with Gasteiger partial charge in [0.15, 0.2) is 0 Å². The molecule has 1 aliphatic rings. The number of carbonyl (C=O) groups is 1. The van der Waals surface area contributed by atoms with Crippen LogP contribution in [0.3, 0.4) is 0 Å². The SMILES string of the molecule is COc1ccc(OC)c([C@H]2CCCN2C(=O)CC(c2ccccc2)c2ccccc2)c1. The van der Waals surface area contributed by atoms with Gasteiger partial charge in [0.1, 0.15) is 11.5 Å². The smallest absolute Gasteiger partial charge is 0.224 e. The van der Waals surface area contributed by atoms with E-state index in [2.05, 4.69) is 24.3 Å². The molecule has 1 amide bonds. The number of nitrogens with zero attached hydrogens (tertiary/aromatic N) is 1. The second-order valence-electron chi connectivity index (χ2n) is 7.93. The second kappa shape index (κ2) is 9.69. The zero-order chi connectivity index (χ0) is 21.6. The largest absolute Gasteiger partial charge is 0.497 e. The molecule has 31 heavy (non-hydrogen) atoms. The average Bonchev–Trinajstić information content (AvgIpc) is 3.33. The van der Waals surface area contributed by atoms with E-state index in [1.807, 2.05) is 59.5 Å². The molecule has 4 nitrogen and oxygen atoms in total. The minimum absolute atomic E-state index is 0.00440. The minimum Gasteiger partial charge on any atom is -0.497 e. The molecule has 1 fully saturated rings. The Morgan fingerprint density at radius 1 is 0.935 bits per heavy atom. The summed E-state index contributed by atoms with van der Waals surface area (Å²) in [5.74, 6) is 1.78. The molecule has 0 bridgehead atoms. The maximum Gasteiger partial charge on any atom is 0.224 e. The zero-order valence-electron chi connectivity index (χ0n) is 18.2. The summed E-state index contributed by atoms with van der Waals surface area (Å²) in [7, 11) is 3.33. The van der Waals surface area contributed by atoms with Crippen molar-refractivity contribution >= 4 is 5.91 Å². The fraction of sp³-hybridized carbons (Fsp3) is 0.296. The number of hydrogen-bond donors (Lipinski definition) is 0. The third kappa shape index (κ3) is 4.58. The molecule has 160 valence electrons. The maximum atomic E-state index is 13.6. The molecule has 1 heterocycles. The first-order valence-corrected chi connectivity index (χ1v) is 10.8. The molecule has 3 aromatic rings. The van der Waals surface area contributed by atoms with E-state index < -0.39 is 0 Å². The third-order valence-corrected chi connectivity index (χ3v) is 6.15. The van der Waals surface area contributed by atoms with Gasteiger partial charge in [0.05, 0.1) is 20.3 Å². The van der Waals surface area contributed by atoms with Crippen LogP contribution in [-0.4, -0.2) is 31.6 Å². The molecule has 3 aromatic carbocycles. The van der Waals surface area contributed by atoms with Crippen molar-refractivity contribution < 1.29 is 14.3 Å². The molecule has 0 radical (unpaired) electrons. The highest BCUT2D eigenvalue weighted by molar-refractivity contribution is 5.79. The molecule has 4 rings (SSSR count). The van der Waals surface area contributed by atoms with Crippen molar-refractivity contribution in [1.82, 2.24) is 4.90 Å². The summed E-state index contributed by atoms with van der Waals surface area (Å²) >= 11 is 0. The summed E-state index contributed by atoms with van der Waals surface area (Å²) in [6.45, 7) is 0.764. The first-order chi connectivity index (χ1) is 15.2. The van der Waals surface area contributed by atoms with Crippen LogP contribution >= 0.6 is 0 Å². The van der Waals surface area contributed by atoms with Crippen LogP contribution in [0.15, 0.2) is 78.9 Å². The van der Waals surface area contributed by atoms with Gasteiger partial charge in [0, 0.05) is 24.4 Å². The van der Waals surface area contributed by atoms with E-state index in [1.54, 1.807) is 14.2 Å². The van der Waals surface area contributed by atoms with Crippen molar-refractivity contribution in [3.63, 3.8) is 0 Å². The second-order valence-corrected chi connectivity index (χ2v) is 7.93. The molecule has 0 spiro atoms. The lowest BCUT2D eigenvalue weighted by Gasteiger charge is -2.28. The molecule has 0 unspecified atom stereocenters. The van der Waals surface area contributed by atoms with Crippen LogP contribution in [0.5, 0.6) is 11.5 Å². The summed E-state index contributed by atoms with van der Waals surface area (Å²) in [5.41, 5.74) is 3.34. The number of benzene rings is 3. The standard InChI is InChI=1S/C27H29NO3/c1-30-22-15-16-26(31-2)24(18-22)25-14-9-17-28(25)27(29)19-23(20-10-5-3-6-11-20)21-12-7-4-8-13-21/h3-8,10-13,15-16,18,23,25H,9,14,17,19H2,1-2H3/t25-/m1/s1. The van der Waals surface area contributed by atoms with Gasteiger partial charge in [-0.3, -0.25) is 4.79 Å². The molecular weight excluding hydrogens is 386 g/mol. The van der Waals surface area contributed by atoms with E-state index in [0.717, 1.165) is 47.6 Å². The Labute approximate surface area is 184 Å². The number of methoxy groups -OCH3 is 2. The van der Waals surface area contributed by atoms with Crippen molar-refractivity contribution in [2.45, 2.75) is 31.2 Å². The van der Waals surface area contributed by atoms with Gasteiger partial charge in [0.2, 0.25) is 5.91 Å². The van der Waals surface area contributed by atoms with Gasteiger partial charge in [-0.05, 0) is 42.2 Å². The van der Waals surface area contributed by atoms with Gasteiger partial charge in [-0.15, -0.1) is 0 Å². The monoisotopic (exact) mass is 415 g/mol. The van der Waals surface area contributed by atoms with E-state index >= 15 is 0 Å². The number of likely N-dealkylation sites (tertiary alicyclic amines) is 1. The summed E-state index contributed by atoms with van der Waals surface area (Å²) in [6, 6.07) is 26.4.